The van der Waals surface area contributed by atoms with Gasteiger partial charge in [-0.25, -0.2) is 0 Å². The lowest BCUT2D eigenvalue weighted by Gasteiger charge is -2.29. The fourth-order valence-corrected chi connectivity index (χ4v) is 3.08. The van der Waals surface area contributed by atoms with E-state index >= 15 is 0 Å². The molecule has 0 aromatic heterocycles. The normalized spacial score (nSPS) is 26.4. The molecular formula is C17H24. The summed E-state index contributed by atoms with van der Waals surface area (Å²) in [6.07, 6.45) is 8.99. The molecule has 0 saturated heterocycles. The maximum absolute atomic E-state index is 3.89. The minimum Gasteiger partial charge on any atom is -0.103 e. The summed E-state index contributed by atoms with van der Waals surface area (Å²) in [4.78, 5) is 0. The Bertz CT molecular complexity index is 330. The Morgan fingerprint density at radius 1 is 1.18 bits per heavy atom. The van der Waals surface area contributed by atoms with E-state index in [1.807, 2.05) is 0 Å². The van der Waals surface area contributed by atoms with Gasteiger partial charge >= 0.3 is 0 Å². The Hall–Kier alpha value is -1.04. The average Bonchev–Trinajstić information content (AvgIpc) is 2.40. The van der Waals surface area contributed by atoms with Gasteiger partial charge in [-0.15, -0.1) is 6.58 Å². The molecule has 1 atom stereocenters. The summed E-state index contributed by atoms with van der Waals surface area (Å²) in [5.74, 6) is 2.43. The van der Waals surface area contributed by atoms with Crippen LogP contribution in [-0.4, -0.2) is 0 Å². The minimum atomic E-state index is 0.688. The highest BCUT2D eigenvalue weighted by molar-refractivity contribution is 5.19. The molecule has 1 aromatic rings. The van der Waals surface area contributed by atoms with Crippen LogP contribution in [0.3, 0.4) is 0 Å². The molecule has 1 aliphatic rings. The Kier molecular flexibility index (Phi) is 4.42. The van der Waals surface area contributed by atoms with Crippen LogP contribution in [-0.2, 0) is 0 Å². The van der Waals surface area contributed by atoms with E-state index in [2.05, 4.69) is 49.9 Å². The summed E-state index contributed by atoms with van der Waals surface area (Å²) in [6.45, 7) is 6.18. The molecule has 0 N–H and O–H groups in total. The van der Waals surface area contributed by atoms with Crippen molar-refractivity contribution in [1.29, 1.82) is 0 Å². The molecule has 17 heavy (non-hydrogen) atoms. The zero-order valence-corrected chi connectivity index (χ0v) is 10.9. The van der Waals surface area contributed by atoms with E-state index in [-0.39, 0.29) is 0 Å². The van der Waals surface area contributed by atoms with Crippen LogP contribution < -0.4 is 0 Å². The third kappa shape index (κ3) is 3.46. The molecule has 1 fully saturated rings. The number of rotatable bonds is 4. The molecule has 2 rings (SSSR count). The van der Waals surface area contributed by atoms with Crippen LogP contribution in [0.1, 0.15) is 50.5 Å². The molecule has 1 saturated carbocycles. The predicted molar refractivity (Wildman–Crippen MR) is 75.1 cm³/mol. The first kappa shape index (κ1) is 12.4. The molecular weight excluding hydrogens is 204 g/mol. The molecule has 0 heterocycles. The quantitative estimate of drug-likeness (QED) is 0.623. The smallest absolute Gasteiger partial charge is 0.0162 e. The van der Waals surface area contributed by atoms with Crippen molar-refractivity contribution in [3.05, 3.63) is 48.6 Å². The lowest BCUT2D eigenvalue weighted by molar-refractivity contribution is 0.291. The van der Waals surface area contributed by atoms with Gasteiger partial charge in [0.15, 0.2) is 0 Å². The molecule has 0 heteroatoms. The van der Waals surface area contributed by atoms with E-state index in [0.29, 0.717) is 5.92 Å². The van der Waals surface area contributed by atoms with E-state index in [4.69, 9.17) is 0 Å². The summed E-state index contributed by atoms with van der Waals surface area (Å²) in [5.41, 5.74) is 1.54. The predicted octanol–water partition coefficient (Wildman–Crippen LogP) is 5.17. The van der Waals surface area contributed by atoms with Crippen molar-refractivity contribution in [3.8, 4) is 0 Å². The van der Waals surface area contributed by atoms with Crippen LogP contribution in [0.4, 0.5) is 0 Å². The number of allylic oxidation sites excluding steroid dienone is 1. The lowest BCUT2D eigenvalue weighted by atomic mass is 9.76. The third-order valence-electron chi connectivity index (χ3n) is 4.23. The molecule has 0 spiro atoms. The maximum atomic E-state index is 3.89. The van der Waals surface area contributed by atoms with E-state index in [1.54, 1.807) is 5.56 Å². The highest BCUT2D eigenvalue weighted by Gasteiger charge is 2.22. The molecule has 92 valence electrons. The highest BCUT2D eigenvalue weighted by atomic mass is 14.3. The van der Waals surface area contributed by atoms with Gasteiger partial charge in [0.1, 0.15) is 0 Å². The number of benzene rings is 1. The number of hydrogen-bond donors (Lipinski definition) is 0. The van der Waals surface area contributed by atoms with Crippen molar-refractivity contribution >= 4 is 0 Å². The molecule has 0 radical (unpaired) electrons. The van der Waals surface area contributed by atoms with Gasteiger partial charge < -0.3 is 0 Å². The van der Waals surface area contributed by atoms with E-state index in [0.717, 1.165) is 11.8 Å². The van der Waals surface area contributed by atoms with Crippen molar-refractivity contribution in [2.75, 3.05) is 0 Å². The number of hydrogen-bond acceptors (Lipinski definition) is 0. The van der Waals surface area contributed by atoms with Crippen LogP contribution in [0.5, 0.6) is 0 Å². The van der Waals surface area contributed by atoms with Gasteiger partial charge in [0, 0.05) is 0 Å². The van der Waals surface area contributed by atoms with Crippen molar-refractivity contribution in [2.24, 2.45) is 11.8 Å². The summed E-state index contributed by atoms with van der Waals surface area (Å²) < 4.78 is 0. The molecule has 0 bridgehead atoms. The van der Waals surface area contributed by atoms with Gasteiger partial charge in [-0.05, 0) is 55.4 Å². The van der Waals surface area contributed by atoms with Crippen LogP contribution >= 0.6 is 0 Å². The van der Waals surface area contributed by atoms with Gasteiger partial charge in [0.2, 0.25) is 0 Å². The first-order valence-corrected chi connectivity index (χ1v) is 6.97. The average molecular weight is 228 g/mol. The van der Waals surface area contributed by atoms with Crippen molar-refractivity contribution in [3.63, 3.8) is 0 Å². The molecule has 1 aromatic carbocycles. The first-order chi connectivity index (χ1) is 8.29. The molecule has 1 unspecified atom stereocenters. The van der Waals surface area contributed by atoms with Crippen LogP contribution in [0, 0.1) is 11.8 Å². The van der Waals surface area contributed by atoms with Crippen molar-refractivity contribution in [2.45, 2.75) is 44.9 Å². The molecule has 1 aliphatic carbocycles. The zero-order chi connectivity index (χ0) is 12.1. The summed E-state index contributed by atoms with van der Waals surface area (Å²) >= 11 is 0. The Morgan fingerprint density at radius 3 is 2.41 bits per heavy atom. The summed E-state index contributed by atoms with van der Waals surface area (Å²) in [5, 5.41) is 0. The SMILES string of the molecule is C=CC(C)CC1CCC(c2ccccc2)CC1. The Balaban J connectivity index is 1.84. The van der Waals surface area contributed by atoms with Crippen molar-refractivity contribution in [1.82, 2.24) is 0 Å². The van der Waals surface area contributed by atoms with Crippen LogP contribution in [0.2, 0.25) is 0 Å². The molecule has 0 aliphatic heterocycles. The van der Waals surface area contributed by atoms with Gasteiger partial charge in [-0.1, -0.05) is 43.3 Å². The maximum Gasteiger partial charge on any atom is -0.0162 e. The van der Waals surface area contributed by atoms with Gasteiger partial charge in [0.25, 0.3) is 0 Å². The Morgan fingerprint density at radius 2 is 1.82 bits per heavy atom. The molecule has 0 nitrogen and oxygen atoms in total. The van der Waals surface area contributed by atoms with E-state index < -0.39 is 0 Å². The lowest BCUT2D eigenvalue weighted by Crippen LogP contribution is -2.15. The van der Waals surface area contributed by atoms with Gasteiger partial charge in [-0.2, -0.15) is 0 Å². The topological polar surface area (TPSA) is 0 Å². The van der Waals surface area contributed by atoms with E-state index in [9.17, 15) is 0 Å². The first-order valence-electron chi connectivity index (χ1n) is 6.97. The highest BCUT2D eigenvalue weighted by Crippen LogP contribution is 2.38. The minimum absolute atomic E-state index is 0.688. The molecule has 0 amide bonds. The van der Waals surface area contributed by atoms with Crippen molar-refractivity contribution < 1.29 is 0 Å². The third-order valence-corrected chi connectivity index (χ3v) is 4.23. The summed E-state index contributed by atoms with van der Waals surface area (Å²) in [7, 11) is 0. The standard InChI is InChI=1S/C17H24/c1-3-14(2)13-15-9-11-17(12-10-15)16-7-5-4-6-8-16/h3-8,14-15,17H,1,9-13H2,2H3. The second kappa shape index (κ2) is 6.05. The second-order valence-electron chi connectivity index (χ2n) is 5.58. The van der Waals surface area contributed by atoms with Crippen LogP contribution in [0.25, 0.3) is 0 Å². The summed E-state index contributed by atoms with van der Waals surface area (Å²) in [6, 6.07) is 11.0. The largest absolute Gasteiger partial charge is 0.103 e. The van der Waals surface area contributed by atoms with E-state index in [1.165, 1.54) is 32.1 Å². The van der Waals surface area contributed by atoms with Gasteiger partial charge in [0.05, 0.1) is 0 Å². The second-order valence-corrected chi connectivity index (χ2v) is 5.58. The van der Waals surface area contributed by atoms with Crippen LogP contribution in [0.15, 0.2) is 43.0 Å². The fourth-order valence-electron chi connectivity index (χ4n) is 3.08. The van der Waals surface area contributed by atoms with Gasteiger partial charge in [-0.3, -0.25) is 0 Å². The monoisotopic (exact) mass is 228 g/mol. The zero-order valence-electron chi connectivity index (χ0n) is 10.9. The fraction of sp³-hybridized carbons (Fsp3) is 0.529. The Labute approximate surface area is 106 Å².